The second-order valence-electron chi connectivity index (χ2n) is 3.14. The average Bonchev–Trinajstić information content (AvgIpc) is 1.90. The van der Waals surface area contributed by atoms with Gasteiger partial charge >= 0.3 is 0 Å². The highest BCUT2D eigenvalue weighted by atomic mass is 16.1. The van der Waals surface area contributed by atoms with Crippen LogP contribution in [0.3, 0.4) is 0 Å². The molecule has 1 atom stereocenters. The van der Waals surface area contributed by atoms with Gasteiger partial charge in [0, 0.05) is 13.0 Å². The maximum absolute atomic E-state index is 10.9. The lowest BCUT2D eigenvalue weighted by atomic mass is 9.98. The summed E-state index contributed by atoms with van der Waals surface area (Å²) in [6, 6.07) is 0. The van der Waals surface area contributed by atoms with Gasteiger partial charge in [0.05, 0.1) is 0 Å². The molecule has 1 amide bonds. The van der Waals surface area contributed by atoms with Crippen molar-refractivity contribution in [2.45, 2.75) is 32.6 Å². The third-order valence-corrected chi connectivity index (χ3v) is 2.06. The molecule has 1 aliphatic heterocycles. The second-order valence-corrected chi connectivity index (χ2v) is 3.14. The van der Waals surface area contributed by atoms with Crippen LogP contribution in [-0.2, 0) is 4.79 Å². The molecule has 1 N–H and O–H groups in total. The normalized spacial score (nSPS) is 28.5. The fourth-order valence-corrected chi connectivity index (χ4v) is 1.29. The smallest absolute Gasteiger partial charge is 0.220 e. The number of carbonyl (C=O) groups is 1. The van der Waals surface area contributed by atoms with Crippen LogP contribution >= 0.6 is 0 Å². The van der Waals surface area contributed by atoms with Crippen molar-refractivity contribution < 1.29 is 4.79 Å². The minimum Gasteiger partial charge on any atom is -0.356 e. The minimum atomic E-state index is 0.228. The molecule has 0 aromatic rings. The van der Waals surface area contributed by atoms with E-state index in [4.69, 9.17) is 0 Å². The van der Waals surface area contributed by atoms with Gasteiger partial charge in [-0.25, -0.2) is 0 Å². The first-order valence-electron chi connectivity index (χ1n) is 4.06. The monoisotopic (exact) mass is 141 g/mol. The highest BCUT2D eigenvalue weighted by Crippen LogP contribution is 2.13. The van der Waals surface area contributed by atoms with Gasteiger partial charge in [-0.2, -0.15) is 0 Å². The summed E-state index contributed by atoms with van der Waals surface area (Å²) in [4.78, 5) is 10.9. The van der Waals surface area contributed by atoms with E-state index in [1.807, 2.05) is 0 Å². The maximum atomic E-state index is 10.9. The number of nitrogens with one attached hydrogen (secondary N) is 1. The lowest BCUT2D eigenvalue weighted by molar-refractivity contribution is -0.121. The molecular formula is C8H15NO. The third-order valence-electron chi connectivity index (χ3n) is 2.06. The van der Waals surface area contributed by atoms with E-state index in [0.29, 0.717) is 0 Å². The van der Waals surface area contributed by atoms with Crippen LogP contribution in [0.5, 0.6) is 0 Å². The van der Waals surface area contributed by atoms with Crippen LogP contribution in [0.1, 0.15) is 32.6 Å². The zero-order chi connectivity index (χ0) is 7.40. The molecule has 2 nitrogen and oxygen atoms in total. The van der Waals surface area contributed by atoms with Gasteiger partial charge in [-0.3, -0.25) is 4.79 Å². The maximum Gasteiger partial charge on any atom is 0.220 e. The van der Waals surface area contributed by atoms with Crippen LogP contribution in [0.25, 0.3) is 0 Å². The zero-order valence-corrected chi connectivity index (χ0v) is 6.52. The summed E-state index contributed by atoms with van der Waals surface area (Å²) < 4.78 is 0. The van der Waals surface area contributed by atoms with E-state index in [0.717, 1.165) is 31.7 Å². The van der Waals surface area contributed by atoms with Crippen LogP contribution in [0.2, 0.25) is 0 Å². The average molecular weight is 141 g/mol. The number of amides is 1. The molecule has 0 saturated carbocycles. The van der Waals surface area contributed by atoms with E-state index in [1.54, 1.807) is 0 Å². The molecule has 0 radical (unpaired) electrons. The Balaban J connectivity index is 2.29. The second kappa shape index (κ2) is 3.59. The zero-order valence-electron chi connectivity index (χ0n) is 6.52. The van der Waals surface area contributed by atoms with E-state index >= 15 is 0 Å². The molecule has 0 spiro atoms. The van der Waals surface area contributed by atoms with Gasteiger partial charge < -0.3 is 5.32 Å². The summed E-state index contributed by atoms with van der Waals surface area (Å²) in [7, 11) is 0. The fourth-order valence-electron chi connectivity index (χ4n) is 1.29. The van der Waals surface area contributed by atoms with Crippen molar-refractivity contribution in [1.29, 1.82) is 0 Å². The van der Waals surface area contributed by atoms with Crippen molar-refractivity contribution in [2.75, 3.05) is 6.54 Å². The Morgan fingerprint density at radius 2 is 2.30 bits per heavy atom. The highest BCUT2D eigenvalue weighted by molar-refractivity contribution is 5.75. The highest BCUT2D eigenvalue weighted by Gasteiger charge is 2.09. The van der Waals surface area contributed by atoms with Gasteiger partial charge in [0.15, 0.2) is 0 Å². The molecule has 0 unspecified atom stereocenters. The Hall–Kier alpha value is -0.530. The molecule has 1 saturated heterocycles. The van der Waals surface area contributed by atoms with E-state index in [9.17, 15) is 4.79 Å². The van der Waals surface area contributed by atoms with Crippen LogP contribution in [0.4, 0.5) is 0 Å². The number of hydrogen-bond acceptors (Lipinski definition) is 1. The third kappa shape index (κ3) is 2.38. The van der Waals surface area contributed by atoms with E-state index in [2.05, 4.69) is 12.2 Å². The lowest BCUT2D eigenvalue weighted by Gasteiger charge is -2.14. The van der Waals surface area contributed by atoms with Crippen molar-refractivity contribution in [3.63, 3.8) is 0 Å². The van der Waals surface area contributed by atoms with Crippen LogP contribution in [0, 0.1) is 5.92 Å². The Kier molecular flexibility index (Phi) is 2.72. The first-order valence-corrected chi connectivity index (χ1v) is 4.06. The fraction of sp³-hybridized carbons (Fsp3) is 0.875. The minimum absolute atomic E-state index is 0.228. The summed E-state index contributed by atoms with van der Waals surface area (Å²) >= 11 is 0. The van der Waals surface area contributed by atoms with Crippen molar-refractivity contribution in [1.82, 2.24) is 5.32 Å². The molecular weight excluding hydrogens is 126 g/mol. The number of carbonyl (C=O) groups excluding carboxylic acids is 1. The lowest BCUT2D eigenvalue weighted by Crippen LogP contribution is -2.26. The Morgan fingerprint density at radius 1 is 1.50 bits per heavy atom. The van der Waals surface area contributed by atoms with Gasteiger partial charge in [-0.1, -0.05) is 6.92 Å². The summed E-state index contributed by atoms with van der Waals surface area (Å²) in [5.41, 5.74) is 0. The molecule has 1 aliphatic rings. The molecule has 1 rings (SSSR count). The molecule has 1 heterocycles. The molecule has 0 bridgehead atoms. The summed E-state index contributed by atoms with van der Waals surface area (Å²) in [5, 5.41) is 2.87. The van der Waals surface area contributed by atoms with E-state index in [-0.39, 0.29) is 5.91 Å². The first-order chi connectivity index (χ1) is 4.79. The molecule has 0 aromatic carbocycles. The molecule has 0 aromatic heterocycles. The molecule has 2 heteroatoms. The Bertz CT molecular complexity index is 122. The van der Waals surface area contributed by atoms with Crippen molar-refractivity contribution in [3.05, 3.63) is 0 Å². The topological polar surface area (TPSA) is 29.1 Å². The largest absolute Gasteiger partial charge is 0.356 e. The molecule has 10 heavy (non-hydrogen) atoms. The van der Waals surface area contributed by atoms with Gasteiger partial charge in [0.1, 0.15) is 0 Å². The van der Waals surface area contributed by atoms with Crippen LogP contribution in [-0.4, -0.2) is 12.5 Å². The van der Waals surface area contributed by atoms with Crippen molar-refractivity contribution in [2.24, 2.45) is 5.92 Å². The van der Waals surface area contributed by atoms with Gasteiger partial charge in [0.2, 0.25) is 5.91 Å². The van der Waals surface area contributed by atoms with E-state index in [1.165, 1.54) is 6.42 Å². The summed E-state index contributed by atoms with van der Waals surface area (Å²) in [6.07, 6.45) is 4.19. The Morgan fingerprint density at radius 3 is 3.10 bits per heavy atom. The quantitative estimate of drug-likeness (QED) is 0.541. The predicted molar refractivity (Wildman–Crippen MR) is 40.6 cm³/mol. The number of rotatable bonds is 0. The predicted octanol–water partition coefficient (Wildman–Crippen LogP) is 1.31. The van der Waals surface area contributed by atoms with E-state index < -0.39 is 0 Å². The van der Waals surface area contributed by atoms with Gasteiger partial charge in [-0.15, -0.1) is 0 Å². The molecule has 58 valence electrons. The number of hydrogen-bond donors (Lipinski definition) is 1. The van der Waals surface area contributed by atoms with Crippen molar-refractivity contribution >= 4 is 5.91 Å². The van der Waals surface area contributed by atoms with Crippen LogP contribution < -0.4 is 5.32 Å². The molecule has 0 aliphatic carbocycles. The summed E-state index contributed by atoms with van der Waals surface area (Å²) in [5.74, 6) is 0.970. The van der Waals surface area contributed by atoms with Gasteiger partial charge in [-0.05, 0) is 25.2 Å². The Labute approximate surface area is 62.0 Å². The SMILES string of the molecule is C[C@@H]1CCCNC(=O)CC1. The van der Waals surface area contributed by atoms with Crippen molar-refractivity contribution in [3.8, 4) is 0 Å². The first kappa shape index (κ1) is 7.58. The van der Waals surface area contributed by atoms with Gasteiger partial charge in [0.25, 0.3) is 0 Å². The standard InChI is InChI=1S/C8H15NO/c1-7-3-2-6-9-8(10)5-4-7/h7H,2-6H2,1H3,(H,9,10)/t7-/m1/s1. The van der Waals surface area contributed by atoms with Crippen LogP contribution in [0.15, 0.2) is 0 Å². The summed E-state index contributed by atoms with van der Waals surface area (Å²) in [6.45, 7) is 3.10. The molecule has 1 fully saturated rings.